The second-order valence-electron chi connectivity index (χ2n) is 5.05. The molecule has 1 amide bonds. The number of nitrogens with zero attached hydrogens (tertiary/aromatic N) is 2. The van der Waals surface area contributed by atoms with Crippen LogP contribution in [0.3, 0.4) is 0 Å². The molecule has 0 bridgehead atoms. The fraction of sp³-hybridized carbons (Fsp3) is 0.833. The third kappa shape index (κ3) is 3.43. The fourth-order valence-electron chi connectivity index (χ4n) is 1.91. The molecule has 5 heteroatoms. The van der Waals surface area contributed by atoms with Crippen LogP contribution in [0.1, 0.15) is 26.7 Å². The number of carbonyl (C=O) groups excluding carboxylic acids is 1. The molecule has 1 N–H and O–H groups in total. The monoisotopic (exact) mass is 242 g/mol. The largest absolute Gasteiger partial charge is 0.481 e. The summed E-state index contributed by atoms with van der Waals surface area (Å²) < 4.78 is 0. The van der Waals surface area contributed by atoms with Crippen LogP contribution in [-0.4, -0.2) is 60.0 Å². The predicted octanol–water partition coefficient (Wildman–Crippen LogP) is 0.651. The molecule has 0 atom stereocenters. The van der Waals surface area contributed by atoms with Crippen molar-refractivity contribution in [2.45, 2.75) is 26.7 Å². The molecule has 5 nitrogen and oxygen atoms in total. The highest BCUT2D eigenvalue weighted by Gasteiger charge is 2.37. The predicted molar refractivity (Wildman–Crippen MR) is 64.7 cm³/mol. The maximum atomic E-state index is 11.7. The summed E-state index contributed by atoms with van der Waals surface area (Å²) in [4.78, 5) is 26.5. The molecule has 0 aromatic rings. The van der Waals surface area contributed by atoms with E-state index in [2.05, 4.69) is 0 Å². The summed E-state index contributed by atoms with van der Waals surface area (Å²) in [7, 11) is 1.79. The Labute approximate surface area is 102 Å². The zero-order valence-electron chi connectivity index (χ0n) is 10.9. The smallest absolute Gasteiger partial charge is 0.309 e. The number of hydrogen-bond acceptors (Lipinski definition) is 3. The van der Waals surface area contributed by atoms with E-state index in [-0.39, 0.29) is 5.91 Å². The highest BCUT2D eigenvalue weighted by Crippen LogP contribution is 2.30. The van der Waals surface area contributed by atoms with Crippen LogP contribution in [0.4, 0.5) is 0 Å². The average Bonchev–Trinajstić information content (AvgIpc) is 2.31. The molecule has 0 aliphatic carbocycles. The number of piperidine rings is 1. The molecule has 0 unspecified atom stereocenters. The molecule has 98 valence electrons. The van der Waals surface area contributed by atoms with Crippen LogP contribution < -0.4 is 0 Å². The number of rotatable bonds is 4. The van der Waals surface area contributed by atoms with E-state index < -0.39 is 11.4 Å². The number of aliphatic carboxylic acids is 1. The summed E-state index contributed by atoms with van der Waals surface area (Å²) in [5.74, 6) is -0.624. The molecule has 0 spiro atoms. The van der Waals surface area contributed by atoms with Crippen molar-refractivity contribution in [3.8, 4) is 0 Å². The van der Waals surface area contributed by atoms with Crippen LogP contribution in [0, 0.1) is 5.41 Å². The Hall–Kier alpha value is -1.10. The summed E-state index contributed by atoms with van der Waals surface area (Å²) in [6.45, 7) is 6.21. The number of amides is 1. The zero-order valence-corrected chi connectivity index (χ0v) is 10.9. The maximum Gasteiger partial charge on any atom is 0.309 e. The van der Waals surface area contributed by atoms with Gasteiger partial charge in [-0.2, -0.15) is 0 Å². The highest BCUT2D eigenvalue weighted by atomic mass is 16.4. The van der Waals surface area contributed by atoms with E-state index in [0.29, 0.717) is 39.0 Å². The van der Waals surface area contributed by atoms with Crippen LogP contribution in [0.2, 0.25) is 0 Å². The van der Waals surface area contributed by atoms with Gasteiger partial charge in [-0.25, -0.2) is 0 Å². The Kier molecular flexibility index (Phi) is 4.51. The van der Waals surface area contributed by atoms with Gasteiger partial charge in [-0.05, 0) is 39.8 Å². The third-order valence-electron chi connectivity index (χ3n) is 3.73. The number of carbonyl (C=O) groups is 2. The lowest BCUT2D eigenvalue weighted by atomic mass is 9.80. The van der Waals surface area contributed by atoms with Gasteiger partial charge in [0, 0.05) is 13.6 Å². The van der Waals surface area contributed by atoms with Gasteiger partial charge in [0.05, 0.1) is 12.0 Å². The normalized spacial score (nSPS) is 19.9. The molecule has 1 aliphatic rings. The molecule has 1 aliphatic heterocycles. The first-order chi connectivity index (χ1) is 7.89. The minimum absolute atomic E-state index is 0.103. The van der Waals surface area contributed by atoms with Gasteiger partial charge in [-0.3, -0.25) is 14.5 Å². The Morgan fingerprint density at radius 1 is 1.35 bits per heavy atom. The number of likely N-dealkylation sites (N-methyl/N-ethyl adjacent to an activating group) is 1. The van der Waals surface area contributed by atoms with Gasteiger partial charge in [-0.15, -0.1) is 0 Å². The first kappa shape index (κ1) is 14.0. The van der Waals surface area contributed by atoms with Crippen molar-refractivity contribution < 1.29 is 14.7 Å². The van der Waals surface area contributed by atoms with E-state index in [1.54, 1.807) is 18.9 Å². The van der Waals surface area contributed by atoms with Crippen molar-refractivity contribution in [1.82, 2.24) is 9.80 Å². The Balaban J connectivity index is 2.43. The van der Waals surface area contributed by atoms with Gasteiger partial charge in [0.1, 0.15) is 0 Å². The van der Waals surface area contributed by atoms with Crippen molar-refractivity contribution >= 4 is 11.9 Å². The van der Waals surface area contributed by atoms with E-state index in [9.17, 15) is 9.59 Å². The lowest BCUT2D eigenvalue weighted by Crippen LogP contribution is -2.46. The van der Waals surface area contributed by atoms with E-state index in [4.69, 9.17) is 5.11 Å². The van der Waals surface area contributed by atoms with Gasteiger partial charge in [0.15, 0.2) is 0 Å². The van der Waals surface area contributed by atoms with Crippen molar-refractivity contribution in [1.29, 1.82) is 0 Å². The molecule has 1 fully saturated rings. The lowest BCUT2D eigenvalue weighted by Gasteiger charge is -2.36. The van der Waals surface area contributed by atoms with Gasteiger partial charge >= 0.3 is 5.97 Å². The Morgan fingerprint density at radius 3 is 2.29 bits per heavy atom. The van der Waals surface area contributed by atoms with E-state index in [1.165, 1.54) is 0 Å². The van der Waals surface area contributed by atoms with Gasteiger partial charge < -0.3 is 10.0 Å². The molecule has 1 rings (SSSR count). The van der Waals surface area contributed by atoms with E-state index in [0.717, 1.165) is 0 Å². The van der Waals surface area contributed by atoms with Crippen molar-refractivity contribution in [3.05, 3.63) is 0 Å². The van der Waals surface area contributed by atoms with Crippen LogP contribution in [0.25, 0.3) is 0 Å². The number of likely N-dealkylation sites (tertiary alicyclic amines) is 1. The zero-order chi connectivity index (χ0) is 13.1. The maximum absolute atomic E-state index is 11.7. The van der Waals surface area contributed by atoms with Crippen LogP contribution in [0.15, 0.2) is 0 Å². The summed E-state index contributed by atoms with van der Waals surface area (Å²) in [6.07, 6.45) is 1.23. The quantitative estimate of drug-likeness (QED) is 0.786. The van der Waals surface area contributed by atoms with Crippen LogP contribution in [0.5, 0.6) is 0 Å². The Morgan fingerprint density at radius 2 is 1.88 bits per heavy atom. The molecule has 17 heavy (non-hydrogen) atoms. The SMILES string of the molecule is CCN(C)C(=O)CN1CCC(C)(C(=O)O)CC1. The minimum Gasteiger partial charge on any atom is -0.481 e. The second-order valence-corrected chi connectivity index (χ2v) is 5.05. The molecular formula is C12H22N2O3. The molecule has 1 heterocycles. The highest BCUT2D eigenvalue weighted by molar-refractivity contribution is 5.78. The van der Waals surface area contributed by atoms with Crippen molar-refractivity contribution in [3.63, 3.8) is 0 Å². The van der Waals surface area contributed by atoms with E-state index in [1.807, 2.05) is 11.8 Å². The molecule has 0 saturated carbocycles. The summed E-state index contributed by atoms with van der Waals surface area (Å²) in [5.41, 5.74) is -0.615. The average molecular weight is 242 g/mol. The third-order valence-corrected chi connectivity index (χ3v) is 3.73. The summed E-state index contributed by atoms with van der Waals surface area (Å²) in [5, 5.41) is 9.10. The second kappa shape index (κ2) is 5.49. The standard InChI is InChI=1S/C12H22N2O3/c1-4-13(3)10(15)9-14-7-5-12(2,6-8-14)11(16)17/h4-9H2,1-3H3,(H,16,17). The first-order valence-electron chi connectivity index (χ1n) is 6.09. The number of carboxylic acid groups (broad SMARTS) is 1. The Bertz CT molecular complexity index is 296. The number of hydrogen-bond donors (Lipinski definition) is 1. The summed E-state index contributed by atoms with van der Waals surface area (Å²) >= 11 is 0. The minimum atomic E-state index is -0.728. The summed E-state index contributed by atoms with van der Waals surface area (Å²) in [6, 6.07) is 0. The first-order valence-corrected chi connectivity index (χ1v) is 6.09. The molecule has 0 radical (unpaired) electrons. The van der Waals surface area contributed by atoms with Gasteiger partial charge in [0.25, 0.3) is 0 Å². The van der Waals surface area contributed by atoms with Gasteiger partial charge in [0.2, 0.25) is 5.91 Å². The van der Waals surface area contributed by atoms with Crippen LogP contribution in [-0.2, 0) is 9.59 Å². The van der Waals surface area contributed by atoms with E-state index >= 15 is 0 Å². The molecule has 1 saturated heterocycles. The van der Waals surface area contributed by atoms with Gasteiger partial charge in [-0.1, -0.05) is 0 Å². The molecule has 0 aromatic carbocycles. The molecule has 0 aromatic heterocycles. The van der Waals surface area contributed by atoms with Crippen LogP contribution >= 0.6 is 0 Å². The molecular weight excluding hydrogens is 220 g/mol. The topological polar surface area (TPSA) is 60.9 Å². The number of carboxylic acids is 1. The lowest BCUT2D eigenvalue weighted by molar-refractivity contribution is -0.150. The fourth-order valence-corrected chi connectivity index (χ4v) is 1.91. The van der Waals surface area contributed by atoms with Crippen molar-refractivity contribution in [2.24, 2.45) is 5.41 Å². The van der Waals surface area contributed by atoms with Crippen molar-refractivity contribution in [2.75, 3.05) is 33.2 Å².